The summed E-state index contributed by atoms with van der Waals surface area (Å²) < 4.78 is 10.3. The molecule has 1 N–H and O–H groups in total. The summed E-state index contributed by atoms with van der Waals surface area (Å²) in [7, 11) is 2.92. The molecule has 0 aliphatic heterocycles. The van der Waals surface area contributed by atoms with Crippen LogP contribution >= 0.6 is 0 Å². The minimum atomic E-state index is -0.424. The van der Waals surface area contributed by atoms with Crippen molar-refractivity contribution in [1.82, 2.24) is 5.32 Å². The lowest BCUT2D eigenvalue weighted by atomic mass is 9.86. The third-order valence-electron chi connectivity index (χ3n) is 4.07. The largest absolute Gasteiger partial charge is 0.496 e. The van der Waals surface area contributed by atoms with Crippen molar-refractivity contribution in [2.75, 3.05) is 14.2 Å². The Hall–Kier alpha value is -2.82. The first-order valence-corrected chi connectivity index (χ1v) is 8.56. The minimum Gasteiger partial charge on any atom is -0.496 e. The van der Waals surface area contributed by atoms with Crippen molar-refractivity contribution in [3.8, 4) is 5.75 Å². The smallest absolute Gasteiger partial charge is 0.337 e. The summed E-state index contributed by atoms with van der Waals surface area (Å²) in [5, 5.41) is 2.93. The molecule has 138 valence electrons. The Labute approximate surface area is 154 Å². The zero-order valence-corrected chi connectivity index (χ0v) is 15.6. The predicted octanol–water partition coefficient (Wildman–Crippen LogP) is 3.53. The second-order valence-corrected chi connectivity index (χ2v) is 6.34. The highest BCUT2D eigenvalue weighted by molar-refractivity contribution is 5.90. The van der Waals surface area contributed by atoms with Gasteiger partial charge in [0.2, 0.25) is 5.91 Å². The van der Waals surface area contributed by atoms with Crippen LogP contribution < -0.4 is 10.1 Å². The molecule has 0 aliphatic rings. The molecule has 0 aliphatic carbocycles. The van der Waals surface area contributed by atoms with E-state index < -0.39 is 5.97 Å². The van der Waals surface area contributed by atoms with Crippen molar-refractivity contribution < 1.29 is 19.1 Å². The molecule has 1 amide bonds. The molecule has 0 saturated carbocycles. The van der Waals surface area contributed by atoms with Gasteiger partial charge in [0.15, 0.2) is 0 Å². The summed E-state index contributed by atoms with van der Waals surface area (Å²) in [5.41, 5.74) is 2.18. The van der Waals surface area contributed by atoms with Gasteiger partial charge in [0, 0.05) is 23.9 Å². The molecule has 2 aromatic rings. The van der Waals surface area contributed by atoms with Crippen LogP contribution in [-0.4, -0.2) is 32.1 Å². The number of amides is 1. The predicted molar refractivity (Wildman–Crippen MR) is 101 cm³/mol. The fourth-order valence-corrected chi connectivity index (χ4v) is 2.91. The lowest BCUT2D eigenvalue weighted by Crippen LogP contribution is -2.31. The number of hydrogen-bond acceptors (Lipinski definition) is 4. The minimum absolute atomic E-state index is 0.0561. The Kier molecular flexibility index (Phi) is 6.78. The second kappa shape index (κ2) is 9.04. The van der Waals surface area contributed by atoms with Gasteiger partial charge in [-0.1, -0.05) is 30.3 Å². The molecule has 2 aromatic carbocycles. The van der Waals surface area contributed by atoms with Crippen molar-refractivity contribution in [1.29, 1.82) is 0 Å². The summed E-state index contributed by atoms with van der Waals surface area (Å²) in [4.78, 5) is 24.4. The Morgan fingerprint density at radius 2 is 1.73 bits per heavy atom. The number of carbonyl (C=O) groups excluding carboxylic acids is 2. The molecular weight excluding hydrogens is 330 g/mol. The van der Waals surface area contributed by atoms with Crippen molar-refractivity contribution in [3.63, 3.8) is 0 Å². The van der Waals surface area contributed by atoms with E-state index in [0.29, 0.717) is 11.3 Å². The third-order valence-corrected chi connectivity index (χ3v) is 4.07. The van der Waals surface area contributed by atoms with E-state index in [1.165, 1.54) is 7.11 Å². The third kappa shape index (κ3) is 4.85. The van der Waals surface area contributed by atoms with Gasteiger partial charge in [-0.15, -0.1) is 0 Å². The quantitative estimate of drug-likeness (QED) is 0.772. The fraction of sp³-hybridized carbons (Fsp3) is 0.333. The van der Waals surface area contributed by atoms with Crippen molar-refractivity contribution in [2.24, 2.45) is 0 Å². The van der Waals surface area contributed by atoms with Gasteiger partial charge in [0.1, 0.15) is 5.75 Å². The van der Waals surface area contributed by atoms with Crippen LogP contribution in [-0.2, 0) is 9.53 Å². The SMILES string of the molecule is COC(=O)c1ccc(OC)c(C(CC(=O)NC(C)C)c2ccccc2)c1. The van der Waals surface area contributed by atoms with Crippen LogP contribution in [0.4, 0.5) is 0 Å². The average Bonchev–Trinajstić information content (AvgIpc) is 2.65. The van der Waals surface area contributed by atoms with Crippen molar-refractivity contribution in [2.45, 2.75) is 32.2 Å². The zero-order valence-electron chi connectivity index (χ0n) is 15.6. The van der Waals surface area contributed by atoms with E-state index in [2.05, 4.69) is 5.32 Å². The van der Waals surface area contributed by atoms with Gasteiger partial charge in [-0.25, -0.2) is 4.79 Å². The Balaban J connectivity index is 2.50. The molecule has 0 bridgehead atoms. The lowest BCUT2D eigenvalue weighted by molar-refractivity contribution is -0.121. The van der Waals surface area contributed by atoms with Crippen LogP contribution in [0, 0.1) is 0 Å². The summed E-state index contributed by atoms with van der Waals surface area (Å²) in [6.07, 6.45) is 0.253. The molecule has 5 heteroatoms. The van der Waals surface area contributed by atoms with E-state index in [9.17, 15) is 9.59 Å². The first-order valence-electron chi connectivity index (χ1n) is 8.56. The van der Waals surface area contributed by atoms with Gasteiger partial charge in [-0.2, -0.15) is 0 Å². The number of esters is 1. The summed E-state index contributed by atoms with van der Waals surface area (Å²) in [6, 6.07) is 14.9. The van der Waals surface area contributed by atoms with Gasteiger partial charge >= 0.3 is 5.97 Å². The first kappa shape index (κ1) is 19.5. The fourth-order valence-electron chi connectivity index (χ4n) is 2.91. The van der Waals surface area contributed by atoms with E-state index in [4.69, 9.17) is 9.47 Å². The highest BCUT2D eigenvalue weighted by Gasteiger charge is 2.23. The number of carbonyl (C=O) groups is 2. The van der Waals surface area contributed by atoms with E-state index in [1.807, 2.05) is 44.2 Å². The van der Waals surface area contributed by atoms with Crippen LogP contribution in [0.15, 0.2) is 48.5 Å². The Morgan fingerprint density at radius 1 is 1.04 bits per heavy atom. The standard InChI is InChI=1S/C21H25NO4/c1-14(2)22-20(23)13-17(15-8-6-5-7-9-15)18-12-16(21(24)26-4)10-11-19(18)25-3/h5-12,14,17H,13H2,1-4H3,(H,22,23). The molecule has 5 nitrogen and oxygen atoms in total. The van der Waals surface area contributed by atoms with E-state index in [-0.39, 0.29) is 24.3 Å². The molecule has 0 radical (unpaired) electrons. The number of rotatable bonds is 7. The number of methoxy groups -OCH3 is 2. The van der Waals surface area contributed by atoms with Gasteiger partial charge in [0.25, 0.3) is 0 Å². The molecule has 0 fully saturated rings. The molecular formula is C21H25NO4. The summed E-state index contributed by atoms with van der Waals surface area (Å²) in [5.74, 6) is -0.0925. The average molecular weight is 355 g/mol. The normalized spacial score (nSPS) is 11.7. The maximum Gasteiger partial charge on any atom is 0.337 e. The van der Waals surface area contributed by atoms with Crippen molar-refractivity contribution >= 4 is 11.9 Å². The van der Waals surface area contributed by atoms with Crippen LogP contribution in [0.3, 0.4) is 0 Å². The second-order valence-electron chi connectivity index (χ2n) is 6.34. The first-order chi connectivity index (χ1) is 12.5. The molecule has 0 heterocycles. The Bertz CT molecular complexity index is 756. The Morgan fingerprint density at radius 3 is 2.31 bits per heavy atom. The van der Waals surface area contributed by atoms with Crippen LogP contribution in [0.25, 0.3) is 0 Å². The molecule has 2 rings (SSSR count). The number of benzene rings is 2. The molecule has 1 unspecified atom stereocenters. The molecule has 1 atom stereocenters. The maximum absolute atomic E-state index is 12.4. The van der Waals surface area contributed by atoms with Crippen LogP contribution in [0.1, 0.15) is 47.7 Å². The van der Waals surface area contributed by atoms with Gasteiger partial charge in [0.05, 0.1) is 19.8 Å². The van der Waals surface area contributed by atoms with E-state index >= 15 is 0 Å². The highest BCUT2D eigenvalue weighted by atomic mass is 16.5. The summed E-state index contributed by atoms with van der Waals surface area (Å²) in [6.45, 7) is 3.85. The van der Waals surface area contributed by atoms with Crippen LogP contribution in [0.2, 0.25) is 0 Å². The molecule has 0 saturated heterocycles. The summed E-state index contributed by atoms with van der Waals surface area (Å²) >= 11 is 0. The maximum atomic E-state index is 12.4. The van der Waals surface area contributed by atoms with Gasteiger partial charge < -0.3 is 14.8 Å². The number of hydrogen-bond donors (Lipinski definition) is 1. The monoisotopic (exact) mass is 355 g/mol. The lowest BCUT2D eigenvalue weighted by Gasteiger charge is -2.21. The van der Waals surface area contributed by atoms with E-state index in [0.717, 1.165) is 11.1 Å². The van der Waals surface area contributed by atoms with Gasteiger partial charge in [-0.3, -0.25) is 4.79 Å². The number of nitrogens with one attached hydrogen (secondary N) is 1. The van der Waals surface area contributed by atoms with Gasteiger partial charge in [-0.05, 0) is 37.6 Å². The molecule has 0 spiro atoms. The van der Waals surface area contributed by atoms with E-state index in [1.54, 1.807) is 25.3 Å². The highest BCUT2D eigenvalue weighted by Crippen LogP contribution is 2.35. The molecule has 26 heavy (non-hydrogen) atoms. The van der Waals surface area contributed by atoms with Crippen molar-refractivity contribution in [3.05, 3.63) is 65.2 Å². The zero-order chi connectivity index (χ0) is 19.1. The van der Waals surface area contributed by atoms with Crippen LogP contribution in [0.5, 0.6) is 5.75 Å². The number of ether oxygens (including phenoxy) is 2. The topological polar surface area (TPSA) is 64.6 Å². The molecule has 0 aromatic heterocycles.